The molecule has 6 heteroatoms. The predicted octanol–water partition coefficient (Wildman–Crippen LogP) is 1.14. The van der Waals surface area contributed by atoms with Crippen molar-refractivity contribution in [2.75, 3.05) is 13.1 Å². The van der Waals surface area contributed by atoms with E-state index in [0.717, 1.165) is 0 Å². The summed E-state index contributed by atoms with van der Waals surface area (Å²) < 4.78 is 5.05. The summed E-state index contributed by atoms with van der Waals surface area (Å²) in [7, 11) is 0. The lowest BCUT2D eigenvalue weighted by Crippen LogP contribution is -2.34. The van der Waals surface area contributed by atoms with E-state index in [1.165, 1.54) is 12.5 Å². The number of amides is 2. The van der Waals surface area contributed by atoms with Gasteiger partial charge in [-0.2, -0.15) is 0 Å². The smallest absolute Gasteiger partial charge is 0.254 e. The van der Waals surface area contributed by atoms with Gasteiger partial charge in [0.05, 0.1) is 17.4 Å². The molecule has 2 amide bonds. The zero-order valence-corrected chi connectivity index (χ0v) is 11.1. The van der Waals surface area contributed by atoms with E-state index in [-0.39, 0.29) is 11.8 Å². The number of hydrogen-bond acceptors (Lipinski definition) is 4. The molecule has 2 aromatic heterocycles. The molecule has 0 saturated carbocycles. The van der Waals surface area contributed by atoms with Crippen molar-refractivity contribution in [1.82, 2.24) is 15.6 Å². The second kappa shape index (κ2) is 6.51. The van der Waals surface area contributed by atoms with E-state index in [2.05, 4.69) is 15.6 Å². The van der Waals surface area contributed by atoms with Gasteiger partial charge < -0.3 is 15.1 Å². The minimum absolute atomic E-state index is 0.216. The first-order valence-corrected chi connectivity index (χ1v) is 6.19. The minimum Gasteiger partial charge on any atom is -0.469 e. The summed E-state index contributed by atoms with van der Waals surface area (Å²) in [6.07, 6.45) is 4.56. The van der Waals surface area contributed by atoms with Crippen LogP contribution in [0.1, 0.15) is 26.5 Å². The summed E-state index contributed by atoms with van der Waals surface area (Å²) >= 11 is 0. The van der Waals surface area contributed by atoms with Crippen LogP contribution in [-0.2, 0) is 0 Å². The number of carbonyl (C=O) groups excluding carboxylic acids is 2. The molecule has 0 atom stereocenters. The highest BCUT2D eigenvalue weighted by Crippen LogP contribution is 2.07. The molecule has 6 nitrogen and oxygen atoms in total. The Morgan fingerprint density at radius 3 is 2.55 bits per heavy atom. The first-order valence-electron chi connectivity index (χ1n) is 6.19. The first-order chi connectivity index (χ1) is 9.68. The standard InChI is InChI=1S/C14H15N3O3/c1-10-12(4-8-20-10)14(19)17-7-6-16-13(18)11-3-2-5-15-9-11/h2-5,8-9H,6-7H2,1H3,(H,16,18)(H,17,19). The Balaban J connectivity index is 1.73. The highest BCUT2D eigenvalue weighted by molar-refractivity contribution is 5.95. The van der Waals surface area contributed by atoms with Crippen molar-refractivity contribution in [2.24, 2.45) is 0 Å². The number of carbonyl (C=O) groups is 2. The number of nitrogens with one attached hydrogen (secondary N) is 2. The van der Waals surface area contributed by atoms with E-state index in [1.54, 1.807) is 31.3 Å². The SMILES string of the molecule is Cc1occc1C(=O)NCCNC(=O)c1cccnc1. The molecule has 0 fully saturated rings. The predicted molar refractivity (Wildman–Crippen MR) is 72.3 cm³/mol. The lowest BCUT2D eigenvalue weighted by molar-refractivity contribution is 0.0926. The quantitative estimate of drug-likeness (QED) is 0.800. The van der Waals surface area contributed by atoms with Crippen LogP contribution >= 0.6 is 0 Å². The molecule has 0 radical (unpaired) electrons. The largest absolute Gasteiger partial charge is 0.469 e. The van der Waals surface area contributed by atoms with Crippen LogP contribution in [0.2, 0.25) is 0 Å². The fourth-order valence-electron chi connectivity index (χ4n) is 1.67. The van der Waals surface area contributed by atoms with Gasteiger partial charge in [-0.3, -0.25) is 14.6 Å². The number of nitrogens with zero attached hydrogens (tertiary/aromatic N) is 1. The molecule has 2 N–H and O–H groups in total. The van der Waals surface area contributed by atoms with E-state index in [0.29, 0.717) is 30.0 Å². The molecule has 0 unspecified atom stereocenters. The van der Waals surface area contributed by atoms with Crippen LogP contribution in [0, 0.1) is 6.92 Å². The zero-order chi connectivity index (χ0) is 14.4. The lowest BCUT2D eigenvalue weighted by atomic mass is 10.2. The monoisotopic (exact) mass is 273 g/mol. The van der Waals surface area contributed by atoms with Gasteiger partial charge in [-0.15, -0.1) is 0 Å². The van der Waals surface area contributed by atoms with Crippen molar-refractivity contribution < 1.29 is 14.0 Å². The molecule has 0 bridgehead atoms. The first kappa shape index (κ1) is 13.8. The Morgan fingerprint density at radius 2 is 1.95 bits per heavy atom. The normalized spacial score (nSPS) is 10.1. The molecule has 104 valence electrons. The maximum atomic E-state index is 11.7. The molecular formula is C14H15N3O3. The van der Waals surface area contributed by atoms with Crippen LogP contribution in [0.5, 0.6) is 0 Å². The van der Waals surface area contributed by atoms with Crippen molar-refractivity contribution in [3.8, 4) is 0 Å². The number of pyridine rings is 1. The van der Waals surface area contributed by atoms with Gasteiger partial charge in [0, 0.05) is 25.5 Å². The molecule has 0 spiro atoms. The van der Waals surface area contributed by atoms with E-state index < -0.39 is 0 Å². The molecule has 0 aromatic carbocycles. The fourth-order valence-corrected chi connectivity index (χ4v) is 1.67. The number of hydrogen-bond donors (Lipinski definition) is 2. The molecule has 0 aliphatic heterocycles. The van der Waals surface area contributed by atoms with Crippen molar-refractivity contribution in [2.45, 2.75) is 6.92 Å². The summed E-state index contributed by atoms with van der Waals surface area (Å²) in [5.41, 5.74) is 0.994. The number of furan rings is 1. The molecule has 2 rings (SSSR count). The maximum absolute atomic E-state index is 11.7. The minimum atomic E-state index is -0.216. The third kappa shape index (κ3) is 3.44. The average molecular weight is 273 g/mol. The molecule has 2 aromatic rings. The van der Waals surface area contributed by atoms with Gasteiger partial charge in [0.2, 0.25) is 0 Å². The van der Waals surface area contributed by atoms with Gasteiger partial charge in [-0.05, 0) is 25.1 Å². The fraction of sp³-hybridized carbons (Fsp3) is 0.214. The molecular weight excluding hydrogens is 258 g/mol. The highest BCUT2D eigenvalue weighted by Gasteiger charge is 2.10. The van der Waals surface area contributed by atoms with E-state index in [4.69, 9.17) is 4.42 Å². The Kier molecular flexibility index (Phi) is 4.49. The van der Waals surface area contributed by atoms with Gasteiger partial charge in [0.1, 0.15) is 5.76 Å². The van der Waals surface area contributed by atoms with Crippen LogP contribution in [0.15, 0.2) is 41.3 Å². The number of aromatic nitrogens is 1. The molecule has 0 aliphatic rings. The Morgan fingerprint density at radius 1 is 1.20 bits per heavy atom. The second-order valence-electron chi connectivity index (χ2n) is 4.14. The van der Waals surface area contributed by atoms with Crippen molar-refractivity contribution in [1.29, 1.82) is 0 Å². The van der Waals surface area contributed by atoms with E-state index >= 15 is 0 Å². The average Bonchev–Trinajstić information content (AvgIpc) is 2.90. The van der Waals surface area contributed by atoms with Crippen LogP contribution in [0.4, 0.5) is 0 Å². The number of aryl methyl sites for hydroxylation is 1. The van der Waals surface area contributed by atoms with Gasteiger partial charge in [-0.25, -0.2) is 0 Å². The third-order valence-electron chi connectivity index (χ3n) is 2.72. The van der Waals surface area contributed by atoms with Crippen LogP contribution in [-0.4, -0.2) is 29.9 Å². The Hall–Kier alpha value is -2.63. The molecule has 20 heavy (non-hydrogen) atoms. The third-order valence-corrected chi connectivity index (χ3v) is 2.72. The molecule has 0 saturated heterocycles. The van der Waals surface area contributed by atoms with Crippen LogP contribution in [0.3, 0.4) is 0 Å². The summed E-state index contributed by atoms with van der Waals surface area (Å²) in [4.78, 5) is 27.3. The Labute approximate surface area is 116 Å². The lowest BCUT2D eigenvalue weighted by Gasteiger charge is -2.06. The molecule has 0 aliphatic carbocycles. The summed E-state index contributed by atoms with van der Waals surface area (Å²) in [5, 5.41) is 5.40. The van der Waals surface area contributed by atoms with Crippen molar-refractivity contribution in [3.63, 3.8) is 0 Å². The van der Waals surface area contributed by atoms with Crippen LogP contribution < -0.4 is 10.6 Å². The molecule has 2 heterocycles. The Bertz CT molecular complexity index is 593. The van der Waals surface area contributed by atoms with E-state index in [1.807, 2.05) is 0 Å². The maximum Gasteiger partial charge on any atom is 0.254 e. The second-order valence-corrected chi connectivity index (χ2v) is 4.14. The van der Waals surface area contributed by atoms with Gasteiger partial charge in [-0.1, -0.05) is 0 Å². The van der Waals surface area contributed by atoms with Gasteiger partial charge in [0.15, 0.2) is 0 Å². The highest BCUT2D eigenvalue weighted by atomic mass is 16.3. The summed E-state index contributed by atoms with van der Waals surface area (Å²) in [6.45, 7) is 2.41. The summed E-state index contributed by atoms with van der Waals surface area (Å²) in [5.74, 6) is 0.139. The zero-order valence-electron chi connectivity index (χ0n) is 11.1. The van der Waals surface area contributed by atoms with E-state index in [9.17, 15) is 9.59 Å². The van der Waals surface area contributed by atoms with Gasteiger partial charge in [0.25, 0.3) is 11.8 Å². The summed E-state index contributed by atoms with van der Waals surface area (Å²) in [6, 6.07) is 4.98. The van der Waals surface area contributed by atoms with Crippen molar-refractivity contribution in [3.05, 3.63) is 53.7 Å². The van der Waals surface area contributed by atoms with Crippen molar-refractivity contribution >= 4 is 11.8 Å². The topological polar surface area (TPSA) is 84.2 Å². The van der Waals surface area contributed by atoms with Gasteiger partial charge >= 0.3 is 0 Å². The number of rotatable bonds is 5. The van der Waals surface area contributed by atoms with Crippen LogP contribution in [0.25, 0.3) is 0 Å².